The molecular weight excluding hydrogens is 219 g/mol. The first-order valence-corrected chi connectivity index (χ1v) is 5.09. The third-order valence-corrected chi connectivity index (χ3v) is 4.00. The monoisotopic (exact) mass is 226 g/mol. The molecule has 2 aliphatic carbocycles. The first-order valence-electron chi connectivity index (χ1n) is 4.29. The zero-order valence-electron chi connectivity index (χ0n) is 6.58. The number of benzene rings is 1. The van der Waals surface area contributed by atoms with Crippen molar-refractivity contribution >= 4 is 15.9 Å². The third kappa shape index (κ3) is 0.634. The summed E-state index contributed by atoms with van der Waals surface area (Å²) in [7, 11) is 0. The molecule has 0 radical (unpaired) electrons. The van der Waals surface area contributed by atoms with Crippen LogP contribution in [0.15, 0.2) is 4.47 Å². The Morgan fingerprint density at radius 3 is 1.58 bits per heavy atom. The van der Waals surface area contributed by atoms with Gasteiger partial charge in [-0.25, -0.2) is 4.39 Å². The van der Waals surface area contributed by atoms with Crippen LogP contribution in [0.5, 0.6) is 0 Å². The molecule has 0 atom stereocenters. The van der Waals surface area contributed by atoms with E-state index in [1.54, 1.807) is 0 Å². The fourth-order valence-electron chi connectivity index (χ4n) is 2.08. The Morgan fingerprint density at radius 2 is 1.25 bits per heavy atom. The van der Waals surface area contributed by atoms with Crippen LogP contribution in [-0.4, -0.2) is 0 Å². The van der Waals surface area contributed by atoms with Crippen LogP contribution in [0.3, 0.4) is 0 Å². The van der Waals surface area contributed by atoms with Gasteiger partial charge >= 0.3 is 0 Å². The maximum atomic E-state index is 13.5. The molecule has 12 heavy (non-hydrogen) atoms. The van der Waals surface area contributed by atoms with Crippen LogP contribution in [0, 0.1) is 5.82 Å². The van der Waals surface area contributed by atoms with Crippen molar-refractivity contribution in [3.63, 3.8) is 0 Å². The van der Waals surface area contributed by atoms with E-state index in [0.29, 0.717) is 0 Å². The minimum atomic E-state index is 0.0979. The van der Waals surface area contributed by atoms with Gasteiger partial charge < -0.3 is 0 Å². The highest BCUT2D eigenvalue weighted by Crippen LogP contribution is 2.42. The highest BCUT2D eigenvalue weighted by molar-refractivity contribution is 9.10. The molecule has 0 saturated heterocycles. The molecular formula is C10H8BrF. The molecule has 0 nitrogen and oxygen atoms in total. The van der Waals surface area contributed by atoms with Crippen LogP contribution >= 0.6 is 15.9 Å². The van der Waals surface area contributed by atoms with E-state index in [9.17, 15) is 4.39 Å². The zero-order valence-corrected chi connectivity index (χ0v) is 8.17. The molecule has 0 unspecified atom stereocenters. The molecule has 1 aromatic rings. The number of hydrogen-bond donors (Lipinski definition) is 0. The lowest BCUT2D eigenvalue weighted by Gasteiger charge is -2.30. The molecule has 0 aliphatic heterocycles. The molecule has 3 rings (SSSR count). The van der Waals surface area contributed by atoms with Crippen molar-refractivity contribution in [1.82, 2.24) is 0 Å². The average Bonchev–Trinajstić information content (AvgIpc) is 1.78. The Hall–Kier alpha value is -0.370. The summed E-state index contributed by atoms with van der Waals surface area (Å²) in [4.78, 5) is 0. The number of halogens is 2. The van der Waals surface area contributed by atoms with Crippen LogP contribution in [0.2, 0.25) is 0 Å². The Balaban J connectivity index is 2.39. The second-order valence-corrected chi connectivity index (χ2v) is 4.34. The van der Waals surface area contributed by atoms with Gasteiger partial charge in [0.25, 0.3) is 0 Å². The molecule has 0 N–H and O–H groups in total. The lowest BCUT2D eigenvalue weighted by molar-refractivity contribution is 0.550. The first kappa shape index (κ1) is 7.07. The van der Waals surface area contributed by atoms with Crippen molar-refractivity contribution in [3.8, 4) is 0 Å². The average molecular weight is 227 g/mol. The van der Waals surface area contributed by atoms with Gasteiger partial charge in [-0.15, -0.1) is 0 Å². The summed E-state index contributed by atoms with van der Waals surface area (Å²) in [6, 6.07) is 0. The van der Waals surface area contributed by atoms with E-state index < -0.39 is 0 Å². The topological polar surface area (TPSA) is 0 Å². The van der Waals surface area contributed by atoms with Crippen molar-refractivity contribution in [2.75, 3.05) is 0 Å². The van der Waals surface area contributed by atoms with Crippen LogP contribution in [0.4, 0.5) is 4.39 Å². The van der Waals surface area contributed by atoms with Crippen molar-refractivity contribution in [3.05, 3.63) is 32.5 Å². The van der Waals surface area contributed by atoms with Gasteiger partial charge in [0.1, 0.15) is 5.82 Å². The molecule has 62 valence electrons. The summed E-state index contributed by atoms with van der Waals surface area (Å²) in [5.41, 5.74) is 4.40. The van der Waals surface area contributed by atoms with E-state index >= 15 is 0 Å². The first-order chi connectivity index (χ1) is 5.79. The standard InChI is InChI=1S/C10H8BrF/c11-9-5-1-3-7(5)10(12)8-4-2-6(8)9/h1-4H2. The quantitative estimate of drug-likeness (QED) is 0.639. The SMILES string of the molecule is Fc1c2c(c(Br)c3c1CC3)CC2. The number of fused-ring (bicyclic) bond motifs is 2. The zero-order chi connectivity index (χ0) is 8.29. The molecule has 0 amide bonds. The van der Waals surface area contributed by atoms with Crippen molar-refractivity contribution < 1.29 is 4.39 Å². The fraction of sp³-hybridized carbons (Fsp3) is 0.400. The van der Waals surface area contributed by atoms with Crippen LogP contribution in [-0.2, 0) is 25.7 Å². The minimum Gasteiger partial charge on any atom is -0.206 e. The van der Waals surface area contributed by atoms with Crippen LogP contribution < -0.4 is 0 Å². The van der Waals surface area contributed by atoms with Gasteiger partial charge in [-0.1, -0.05) is 15.9 Å². The molecule has 0 fully saturated rings. The van der Waals surface area contributed by atoms with Gasteiger partial charge in [-0.05, 0) is 47.9 Å². The summed E-state index contributed by atoms with van der Waals surface area (Å²) >= 11 is 3.55. The number of rotatable bonds is 0. The summed E-state index contributed by atoms with van der Waals surface area (Å²) in [5.74, 6) is 0.0979. The van der Waals surface area contributed by atoms with Crippen molar-refractivity contribution in [2.45, 2.75) is 25.7 Å². The number of hydrogen-bond acceptors (Lipinski definition) is 0. The van der Waals surface area contributed by atoms with E-state index in [-0.39, 0.29) is 5.82 Å². The Morgan fingerprint density at radius 1 is 0.833 bits per heavy atom. The second-order valence-electron chi connectivity index (χ2n) is 3.54. The molecule has 0 aromatic heterocycles. The largest absolute Gasteiger partial charge is 0.206 e. The normalized spacial score (nSPS) is 17.5. The van der Waals surface area contributed by atoms with E-state index in [2.05, 4.69) is 15.9 Å². The van der Waals surface area contributed by atoms with E-state index in [1.807, 2.05) is 0 Å². The molecule has 2 aliphatic rings. The van der Waals surface area contributed by atoms with Gasteiger partial charge in [-0.3, -0.25) is 0 Å². The lowest BCUT2D eigenvalue weighted by atomic mass is 9.77. The maximum Gasteiger partial charge on any atom is 0.130 e. The fourth-order valence-corrected chi connectivity index (χ4v) is 2.96. The summed E-state index contributed by atoms with van der Waals surface area (Å²) in [6.07, 6.45) is 3.99. The van der Waals surface area contributed by atoms with Gasteiger partial charge in [0, 0.05) is 4.47 Å². The molecule has 2 heteroatoms. The predicted molar refractivity (Wildman–Crippen MR) is 48.9 cm³/mol. The van der Waals surface area contributed by atoms with Crippen molar-refractivity contribution in [1.29, 1.82) is 0 Å². The van der Waals surface area contributed by atoms with Gasteiger partial charge in [-0.2, -0.15) is 0 Å². The highest BCUT2D eigenvalue weighted by Gasteiger charge is 2.30. The van der Waals surface area contributed by atoms with Crippen molar-refractivity contribution in [2.24, 2.45) is 0 Å². The lowest BCUT2D eigenvalue weighted by Crippen LogP contribution is -2.22. The minimum absolute atomic E-state index is 0.0979. The second kappa shape index (κ2) is 2.11. The summed E-state index contributed by atoms with van der Waals surface area (Å²) < 4.78 is 14.7. The third-order valence-electron chi connectivity index (χ3n) is 3.04. The van der Waals surface area contributed by atoms with E-state index in [0.717, 1.165) is 36.8 Å². The molecule has 1 aromatic carbocycles. The van der Waals surface area contributed by atoms with Gasteiger partial charge in [0.05, 0.1) is 0 Å². The molecule has 0 spiro atoms. The van der Waals surface area contributed by atoms with E-state index in [1.165, 1.54) is 15.6 Å². The molecule has 0 saturated carbocycles. The maximum absolute atomic E-state index is 13.5. The van der Waals surface area contributed by atoms with Crippen LogP contribution in [0.25, 0.3) is 0 Å². The Bertz CT molecular complexity index is 285. The smallest absolute Gasteiger partial charge is 0.130 e. The van der Waals surface area contributed by atoms with Gasteiger partial charge in [0.2, 0.25) is 0 Å². The Kier molecular flexibility index (Phi) is 1.24. The molecule has 0 bridgehead atoms. The summed E-state index contributed by atoms with van der Waals surface area (Å²) in [6.45, 7) is 0. The predicted octanol–water partition coefficient (Wildman–Crippen LogP) is 2.79. The van der Waals surface area contributed by atoms with E-state index in [4.69, 9.17) is 0 Å². The Labute approximate surface area is 78.9 Å². The van der Waals surface area contributed by atoms with Crippen LogP contribution in [0.1, 0.15) is 22.3 Å². The molecule has 0 heterocycles. The highest BCUT2D eigenvalue weighted by atomic mass is 79.9. The van der Waals surface area contributed by atoms with Gasteiger partial charge in [0.15, 0.2) is 0 Å². The summed E-state index contributed by atoms with van der Waals surface area (Å²) in [5, 5.41) is 0.